The molecule has 1 aliphatic heterocycles. The summed E-state index contributed by atoms with van der Waals surface area (Å²) in [5, 5.41) is 4.30. The number of fused-ring (bicyclic) bond motifs is 1. The van der Waals surface area contributed by atoms with Crippen LogP contribution in [0.1, 0.15) is 58.4 Å². The Labute approximate surface area is 188 Å². The highest BCUT2D eigenvalue weighted by Crippen LogP contribution is 2.22. The zero-order chi connectivity index (χ0) is 22.1. The van der Waals surface area contributed by atoms with Crippen molar-refractivity contribution >= 4 is 16.8 Å². The molecule has 0 aliphatic carbocycles. The third-order valence-electron chi connectivity index (χ3n) is 6.12. The summed E-state index contributed by atoms with van der Waals surface area (Å²) in [4.78, 5) is 15.0. The number of hydrogen-bond acceptors (Lipinski definition) is 2. The first-order chi connectivity index (χ1) is 15.0. The molecule has 4 nitrogen and oxygen atoms in total. The number of nitrogens with zero attached hydrogens (tertiary/aromatic N) is 2. The summed E-state index contributed by atoms with van der Waals surface area (Å²) in [6.07, 6.45) is 13.1. The normalized spacial score (nSPS) is 14.9. The minimum atomic E-state index is 0.123. The molecule has 0 radical (unpaired) electrons. The van der Waals surface area contributed by atoms with Gasteiger partial charge in [0, 0.05) is 30.2 Å². The third-order valence-corrected chi connectivity index (χ3v) is 6.12. The molecule has 31 heavy (non-hydrogen) atoms. The first-order valence-corrected chi connectivity index (χ1v) is 11.9. The molecule has 1 aliphatic rings. The van der Waals surface area contributed by atoms with E-state index in [0.29, 0.717) is 6.42 Å². The fourth-order valence-electron chi connectivity index (χ4n) is 4.33. The van der Waals surface area contributed by atoms with Crippen LogP contribution in [-0.4, -0.2) is 41.6 Å². The SMILES string of the molecule is CC(C)=CCC/C(C)=C/Cn1cc(CC(=O)NCCCN2CCCC2)c2ccccc21. The molecular formula is C27H39N3O. The van der Waals surface area contributed by atoms with Crippen LogP contribution in [0.2, 0.25) is 0 Å². The lowest BCUT2D eigenvalue weighted by molar-refractivity contribution is -0.120. The Morgan fingerprint density at radius 2 is 1.87 bits per heavy atom. The lowest BCUT2D eigenvalue weighted by Gasteiger charge is -2.14. The largest absolute Gasteiger partial charge is 0.356 e. The summed E-state index contributed by atoms with van der Waals surface area (Å²) in [7, 11) is 0. The lowest BCUT2D eigenvalue weighted by Crippen LogP contribution is -2.29. The van der Waals surface area contributed by atoms with Crippen LogP contribution in [0.3, 0.4) is 0 Å². The van der Waals surface area contributed by atoms with E-state index in [1.165, 1.54) is 48.0 Å². The van der Waals surface area contributed by atoms with Gasteiger partial charge in [0.1, 0.15) is 0 Å². The van der Waals surface area contributed by atoms with E-state index < -0.39 is 0 Å². The van der Waals surface area contributed by atoms with Crippen molar-refractivity contribution in [1.82, 2.24) is 14.8 Å². The first-order valence-electron chi connectivity index (χ1n) is 11.9. The second-order valence-corrected chi connectivity index (χ2v) is 9.12. The van der Waals surface area contributed by atoms with E-state index in [0.717, 1.165) is 44.5 Å². The van der Waals surface area contributed by atoms with Crippen molar-refractivity contribution in [3.63, 3.8) is 0 Å². The number of allylic oxidation sites excluding steroid dienone is 4. The standard InChI is InChI=1S/C27H39N3O/c1-22(2)10-8-11-23(3)14-19-30-21-24(25-12-4-5-13-26(25)30)20-27(31)28-15-9-18-29-16-6-7-17-29/h4-5,10,12-14,21H,6-9,11,15-20H2,1-3H3,(H,28,31)/b23-14+. The van der Waals surface area contributed by atoms with Gasteiger partial charge in [0.25, 0.3) is 0 Å². The van der Waals surface area contributed by atoms with Gasteiger partial charge in [0.15, 0.2) is 0 Å². The van der Waals surface area contributed by atoms with Crippen molar-refractivity contribution in [2.24, 2.45) is 0 Å². The van der Waals surface area contributed by atoms with Gasteiger partial charge in [-0.3, -0.25) is 4.79 Å². The molecule has 3 rings (SSSR count). The van der Waals surface area contributed by atoms with Gasteiger partial charge in [-0.2, -0.15) is 0 Å². The Morgan fingerprint density at radius 1 is 1.10 bits per heavy atom. The predicted molar refractivity (Wildman–Crippen MR) is 131 cm³/mol. The second kappa shape index (κ2) is 11.9. The maximum atomic E-state index is 12.5. The molecule has 0 unspecified atom stereocenters. The fourth-order valence-corrected chi connectivity index (χ4v) is 4.33. The average molecular weight is 422 g/mol. The van der Waals surface area contributed by atoms with Gasteiger partial charge in [-0.15, -0.1) is 0 Å². The van der Waals surface area contributed by atoms with Gasteiger partial charge in [-0.05, 0) is 84.1 Å². The van der Waals surface area contributed by atoms with Crippen molar-refractivity contribution in [3.8, 4) is 0 Å². The van der Waals surface area contributed by atoms with E-state index >= 15 is 0 Å². The van der Waals surface area contributed by atoms with Crippen LogP contribution >= 0.6 is 0 Å². The quantitative estimate of drug-likeness (QED) is 0.385. The van der Waals surface area contributed by atoms with Crippen LogP contribution in [0.4, 0.5) is 0 Å². The first kappa shape index (κ1) is 23.3. The molecule has 168 valence electrons. The molecule has 1 saturated heterocycles. The van der Waals surface area contributed by atoms with E-state index in [1.807, 2.05) is 0 Å². The van der Waals surface area contributed by atoms with E-state index in [-0.39, 0.29) is 5.91 Å². The minimum absolute atomic E-state index is 0.123. The molecule has 1 aromatic heterocycles. The molecule has 0 atom stereocenters. The maximum absolute atomic E-state index is 12.5. The zero-order valence-electron chi connectivity index (χ0n) is 19.6. The zero-order valence-corrected chi connectivity index (χ0v) is 19.6. The highest BCUT2D eigenvalue weighted by molar-refractivity contribution is 5.89. The molecule has 0 bridgehead atoms. The summed E-state index contributed by atoms with van der Waals surface area (Å²) in [5.74, 6) is 0.123. The van der Waals surface area contributed by atoms with Gasteiger partial charge in [-0.1, -0.05) is 41.5 Å². The molecule has 2 aromatic rings. The monoisotopic (exact) mass is 421 g/mol. The Bertz CT molecular complexity index is 912. The number of likely N-dealkylation sites (tertiary alicyclic amines) is 1. The molecule has 1 N–H and O–H groups in total. The molecular weight excluding hydrogens is 382 g/mol. The highest BCUT2D eigenvalue weighted by Gasteiger charge is 2.13. The summed E-state index contributed by atoms with van der Waals surface area (Å²) < 4.78 is 2.27. The topological polar surface area (TPSA) is 37.3 Å². The summed E-state index contributed by atoms with van der Waals surface area (Å²) in [5.41, 5.74) is 5.10. The highest BCUT2D eigenvalue weighted by atomic mass is 16.1. The van der Waals surface area contributed by atoms with Gasteiger partial charge < -0.3 is 14.8 Å². The van der Waals surface area contributed by atoms with Crippen LogP contribution < -0.4 is 5.32 Å². The van der Waals surface area contributed by atoms with Crippen LogP contribution in [-0.2, 0) is 17.8 Å². The Morgan fingerprint density at radius 3 is 2.65 bits per heavy atom. The summed E-state index contributed by atoms with van der Waals surface area (Å²) in [6.45, 7) is 11.7. The van der Waals surface area contributed by atoms with E-state index in [4.69, 9.17) is 0 Å². The Hall–Kier alpha value is -2.33. The Kier molecular flexibility index (Phi) is 8.96. The molecule has 1 fully saturated rings. The Balaban J connectivity index is 1.55. The van der Waals surface area contributed by atoms with Crippen molar-refractivity contribution in [1.29, 1.82) is 0 Å². The molecule has 1 aromatic carbocycles. The summed E-state index contributed by atoms with van der Waals surface area (Å²) >= 11 is 0. The predicted octanol–water partition coefficient (Wildman–Crippen LogP) is 5.48. The fraction of sp³-hybridized carbons (Fsp3) is 0.519. The number of amides is 1. The van der Waals surface area contributed by atoms with Gasteiger partial charge in [0.05, 0.1) is 6.42 Å². The molecule has 2 heterocycles. The van der Waals surface area contributed by atoms with Crippen molar-refractivity contribution < 1.29 is 4.79 Å². The van der Waals surface area contributed by atoms with Crippen LogP contribution in [0, 0.1) is 0 Å². The molecule has 1 amide bonds. The van der Waals surface area contributed by atoms with E-state index in [1.54, 1.807) is 0 Å². The third kappa shape index (κ3) is 7.39. The van der Waals surface area contributed by atoms with Crippen LogP contribution in [0.25, 0.3) is 10.9 Å². The number of para-hydroxylation sites is 1. The lowest BCUT2D eigenvalue weighted by atomic mass is 10.1. The maximum Gasteiger partial charge on any atom is 0.224 e. The number of nitrogens with one attached hydrogen (secondary N) is 1. The van der Waals surface area contributed by atoms with E-state index in [2.05, 4.69) is 78.2 Å². The number of hydrogen-bond donors (Lipinski definition) is 1. The van der Waals surface area contributed by atoms with Gasteiger partial charge in [0.2, 0.25) is 5.91 Å². The molecule has 0 spiro atoms. The average Bonchev–Trinajstić information content (AvgIpc) is 3.38. The number of rotatable bonds is 11. The number of aromatic nitrogens is 1. The molecule has 0 saturated carbocycles. The van der Waals surface area contributed by atoms with Crippen molar-refractivity contribution in [2.45, 2.75) is 65.8 Å². The van der Waals surface area contributed by atoms with E-state index in [9.17, 15) is 4.79 Å². The molecule has 4 heteroatoms. The number of carbonyl (C=O) groups is 1. The number of carbonyl (C=O) groups excluding carboxylic acids is 1. The van der Waals surface area contributed by atoms with Crippen LogP contribution in [0.15, 0.2) is 53.8 Å². The smallest absolute Gasteiger partial charge is 0.224 e. The van der Waals surface area contributed by atoms with Gasteiger partial charge in [-0.25, -0.2) is 0 Å². The van der Waals surface area contributed by atoms with Gasteiger partial charge >= 0.3 is 0 Å². The second-order valence-electron chi connectivity index (χ2n) is 9.12. The number of benzene rings is 1. The van der Waals surface area contributed by atoms with Crippen molar-refractivity contribution in [2.75, 3.05) is 26.2 Å². The van der Waals surface area contributed by atoms with Crippen LogP contribution in [0.5, 0.6) is 0 Å². The van der Waals surface area contributed by atoms with Crippen molar-refractivity contribution in [3.05, 3.63) is 59.3 Å². The summed E-state index contributed by atoms with van der Waals surface area (Å²) in [6, 6.07) is 8.42. The minimum Gasteiger partial charge on any atom is -0.356 e.